The predicted molar refractivity (Wildman–Crippen MR) is 87.8 cm³/mol. The molecule has 6 nitrogen and oxygen atoms in total. The van der Waals surface area contributed by atoms with Gasteiger partial charge in [0.25, 0.3) is 0 Å². The van der Waals surface area contributed by atoms with Gasteiger partial charge in [-0.1, -0.05) is 17.7 Å². The molecule has 23 heavy (non-hydrogen) atoms. The molecular formula is C15H20ClN3O3S. The number of nitrogens with one attached hydrogen (secondary N) is 1. The third kappa shape index (κ3) is 3.52. The highest BCUT2D eigenvalue weighted by Crippen LogP contribution is 2.21. The van der Waals surface area contributed by atoms with Crippen LogP contribution < -0.4 is 5.32 Å². The van der Waals surface area contributed by atoms with E-state index in [1.807, 2.05) is 0 Å². The highest BCUT2D eigenvalue weighted by Gasteiger charge is 2.33. The van der Waals surface area contributed by atoms with Gasteiger partial charge in [-0.05, 0) is 31.2 Å². The van der Waals surface area contributed by atoms with Crippen molar-refractivity contribution in [3.8, 4) is 0 Å². The first-order valence-electron chi connectivity index (χ1n) is 7.74. The van der Waals surface area contributed by atoms with Gasteiger partial charge in [-0.2, -0.15) is 4.31 Å². The highest BCUT2D eigenvalue weighted by molar-refractivity contribution is 7.89. The van der Waals surface area contributed by atoms with Gasteiger partial charge in [0.1, 0.15) is 0 Å². The van der Waals surface area contributed by atoms with Crippen molar-refractivity contribution in [2.75, 3.05) is 39.3 Å². The molecule has 126 valence electrons. The number of hydrogen-bond donors (Lipinski definition) is 1. The fourth-order valence-corrected chi connectivity index (χ4v) is 4.77. The molecule has 1 aromatic carbocycles. The minimum absolute atomic E-state index is 0.0334. The second-order valence-corrected chi connectivity index (χ2v) is 8.25. The smallest absolute Gasteiger partial charge is 0.243 e. The standard InChI is InChI=1S/C15H20ClN3O3S/c16-13-2-1-3-14(10-13)23(21,22)19-8-6-18(7-9-19)15(20)12-4-5-17-11-12/h1-3,10,12,17H,4-9,11H2. The SMILES string of the molecule is O=C(C1CCNC1)N1CCN(S(=O)(=O)c2cccc(Cl)c2)CC1. The summed E-state index contributed by atoms with van der Waals surface area (Å²) in [7, 11) is -3.55. The van der Waals surface area contributed by atoms with E-state index < -0.39 is 10.0 Å². The van der Waals surface area contributed by atoms with Crippen LogP contribution in [0.25, 0.3) is 0 Å². The summed E-state index contributed by atoms with van der Waals surface area (Å²) in [6, 6.07) is 6.27. The lowest BCUT2D eigenvalue weighted by Gasteiger charge is -2.35. The van der Waals surface area contributed by atoms with Crippen LogP contribution in [-0.4, -0.2) is 62.8 Å². The van der Waals surface area contributed by atoms with Crippen LogP contribution >= 0.6 is 11.6 Å². The molecule has 2 aliphatic heterocycles. The maximum absolute atomic E-state index is 12.6. The Labute approximate surface area is 141 Å². The van der Waals surface area contributed by atoms with Gasteiger partial charge in [-0.3, -0.25) is 4.79 Å². The Hall–Kier alpha value is -1.15. The summed E-state index contributed by atoms with van der Waals surface area (Å²) in [5.74, 6) is 0.167. The van der Waals surface area contributed by atoms with Crippen LogP contribution in [0.2, 0.25) is 5.02 Å². The molecule has 1 amide bonds. The van der Waals surface area contributed by atoms with Crippen molar-refractivity contribution in [2.24, 2.45) is 5.92 Å². The van der Waals surface area contributed by atoms with Crippen molar-refractivity contribution >= 4 is 27.5 Å². The molecule has 0 spiro atoms. The molecule has 0 aromatic heterocycles. The number of amides is 1. The number of sulfonamides is 1. The molecule has 8 heteroatoms. The van der Waals surface area contributed by atoms with Gasteiger partial charge in [-0.15, -0.1) is 0 Å². The van der Waals surface area contributed by atoms with Crippen LogP contribution in [0, 0.1) is 5.92 Å². The molecule has 2 saturated heterocycles. The van der Waals surface area contributed by atoms with Gasteiger partial charge in [-0.25, -0.2) is 8.42 Å². The molecule has 0 saturated carbocycles. The first kappa shape index (κ1) is 16.7. The largest absolute Gasteiger partial charge is 0.340 e. The van der Waals surface area contributed by atoms with Crippen molar-refractivity contribution in [1.82, 2.24) is 14.5 Å². The molecule has 0 radical (unpaired) electrons. The zero-order chi connectivity index (χ0) is 16.4. The van der Waals surface area contributed by atoms with E-state index in [4.69, 9.17) is 11.6 Å². The van der Waals surface area contributed by atoms with Crippen LogP contribution in [0.1, 0.15) is 6.42 Å². The summed E-state index contributed by atoms with van der Waals surface area (Å²) < 4.78 is 26.7. The Morgan fingerprint density at radius 1 is 1.22 bits per heavy atom. The summed E-state index contributed by atoms with van der Waals surface area (Å²) in [6.45, 7) is 3.12. The number of hydrogen-bond acceptors (Lipinski definition) is 4. The maximum atomic E-state index is 12.6. The molecule has 3 rings (SSSR count). The Balaban J connectivity index is 1.65. The van der Waals surface area contributed by atoms with Crippen LogP contribution in [0.15, 0.2) is 29.2 Å². The highest BCUT2D eigenvalue weighted by atomic mass is 35.5. The number of benzene rings is 1. The predicted octanol–water partition coefficient (Wildman–Crippen LogP) is 0.782. The summed E-state index contributed by atoms with van der Waals surface area (Å²) in [5, 5.41) is 3.58. The molecular weight excluding hydrogens is 338 g/mol. The van der Waals surface area contributed by atoms with E-state index in [0.29, 0.717) is 31.2 Å². The summed E-state index contributed by atoms with van der Waals surface area (Å²) in [5.41, 5.74) is 0. The monoisotopic (exact) mass is 357 g/mol. The Kier molecular flexibility index (Phi) is 4.91. The first-order chi connectivity index (χ1) is 11.0. The van der Waals surface area contributed by atoms with E-state index in [0.717, 1.165) is 19.5 Å². The minimum Gasteiger partial charge on any atom is -0.340 e. The fourth-order valence-electron chi connectivity index (χ4n) is 3.05. The maximum Gasteiger partial charge on any atom is 0.243 e. The van der Waals surface area contributed by atoms with Crippen LogP contribution in [-0.2, 0) is 14.8 Å². The van der Waals surface area contributed by atoms with Crippen LogP contribution in [0.4, 0.5) is 0 Å². The Morgan fingerprint density at radius 3 is 2.57 bits per heavy atom. The van der Waals surface area contributed by atoms with E-state index in [-0.39, 0.29) is 16.7 Å². The van der Waals surface area contributed by atoms with Crippen molar-refractivity contribution in [1.29, 1.82) is 0 Å². The zero-order valence-corrected chi connectivity index (χ0v) is 14.3. The summed E-state index contributed by atoms with van der Waals surface area (Å²) in [4.78, 5) is 14.4. The lowest BCUT2D eigenvalue weighted by molar-refractivity contribution is -0.136. The first-order valence-corrected chi connectivity index (χ1v) is 9.55. The molecule has 1 atom stereocenters. The Bertz CT molecular complexity index is 681. The number of carbonyl (C=O) groups excluding carboxylic acids is 1. The number of piperazine rings is 1. The third-order valence-corrected chi connectivity index (χ3v) is 6.52. The molecule has 1 N–H and O–H groups in total. The van der Waals surface area contributed by atoms with E-state index in [1.165, 1.54) is 10.4 Å². The third-order valence-electron chi connectivity index (χ3n) is 4.39. The van der Waals surface area contributed by atoms with E-state index in [2.05, 4.69) is 5.32 Å². The van der Waals surface area contributed by atoms with Gasteiger partial charge < -0.3 is 10.2 Å². The molecule has 0 aliphatic carbocycles. The van der Waals surface area contributed by atoms with Gasteiger partial charge in [0, 0.05) is 37.7 Å². The molecule has 2 aliphatic rings. The molecule has 0 bridgehead atoms. The van der Waals surface area contributed by atoms with Crippen molar-refractivity contribution in [2.45, 2.75) is 11.3 Å². The van der Waals surface area contributed by atoms with E-state index in [1.54, 1.807) is 23.1 Å². The van der Waals surface area contributed by atoms with Gasteiger partial charge in [0.2, 0.25) is 15.9 Å². The van der Waals surface area contributed by atoms with Crippen LogP contribution in [0.5, 0.6) is 0 Å². The molecule has 1 aromatic rings. The second-order valence-electron chi connectivity index (χ2n) is 5.88. The lowest BCUT2D eigenvalue weighted by Crippen LogP contribution is -2.52. The van der Waals surface area contributed by atoms with Gasteiger partial charge in [0.15, 0.2) is 0 Å². The summed E-state index contributed by atoms with van der Waals surface area (Å²) in [6.07, 6.45) is 0.861. The Morgan fingerprint density at radius 2 is 1.96 bits per heavy atom. The van der Waals surface area contributed by atoms with Crippen molar-refractivity contribution in [3.63, 3.8) is 0 Å². The van der Waals surface area contributed by atoms with E-state index in [9.17, 15) is 13.2 Å². The lowest BCUT2D eigenvalue weighted by atomic mass is 10.1. The average molecular weight is 358 g/mol. The zero-order valence-electron chi connectivity index (χ0n) is 12.7. The quantitative estimate of drug-likeness (QED) is 0.868. The molecule has 1 unspecified atom stereocenters. The normalized spacial score (nSPS) is 23.2. The van der Waals surface area contributed by atoms with Crippen molar-refractivity contribution in [3.05, 3.63) is 29.3 Å². The number of halogens is 1. The number of rotatable bonds is 3. The number of nitrogens with zero attached hydrogens (tertiary/aromatic N) is 2. The second kappa shape index (κ2) is 6.76. The summed E-state index contributed by atoms with van der Waals surface area (Å²) >= 11 is 5.89. The van der Waals surface area contributed by atoms with Crippen LogP contribution in [0.3, 0.4) is 0 Å². The molecule has 2 heterocycles. The topological polar surface area (TPSA) is 69.7 Å². The van der Waals surface area contributed by atoms with Gasteiger partial charge in [0.05, 0.1) is 10.8 Å². The average Bonchev–Trinajstić information content (AvgIpc) is 3.09. The van der Waals surface area contributed by atoms with Crippen molar-refractivity contribution < 1.29 is 13.2 Å². The van der Waals surface area contributed by atoms with Gasteiger partial charge >= 0.3 is 0 Å². The fraction of sp³-hybridized carbons (Fsp3) is 0.533. The van der Waals surface area contributed by atoms with E-state index >= 15 is 0 Å². The number of carbonyl (C=O) groups is 1. The minimum atomic E-state index is -3.55. The molecule has 2 fully saturated rings.